The first kappa shape index (κ1) is 14.7. The minimum Gasteiger partial charge on any atom is -1.00 e. The van der Waals surface area contributed by atoms with E-state index in [9.17, 15) is 4.79 Å². The molecule has 80 valence electrons. The van der Waals surface area contributed by atoms with Crippen LogP contribution in [0.5, 0.6) is 5.75 Å². The average Bonchev–Trinajstić information content (AvgIpc) is 2.16. The van der Waals surface area contributed by atoms with Crippen LogP contribution < -0.4 is 0 Å². The van der Waals surface area contributed by atoms with E-state index in [4.69, 9.17) is 14.9 Å². The Hall–Kier alpha value is -0.290. The summed E-state index contributed by atoms with van der Waals surface area (Å²) in [5, 5.41) is 17.7. The van der Waals surface area contributed by atoms with Gasteiger partial charge in [-0.1, -0.05) is 12.1 Å². The predicted molar refractivity (Wildman–Crippen MR) is 58.2 cm³/mol. The topological polar surface area (TPSA) is 66.8 Å². The molecule has 0 amide bonds. The molecule has 0 aliphatic heterocycles. The number of carboxylic acid groups (broad SMARTS) is 1. The van der Waals surface area contributed by atoms with Crippen LogP contribution in [0.2, 0.25) is 0 Å². The number of benzene rings is 1. The molecular formula is C10H14CaO4. The van der Waals surface area contributed by atoms with Crippen molar-refractivity contribution in [3.05, 3.63) is 29.8 Å². The Balaban J connectivity index is -0.000000653. The van der Waals surface area contributed by atoms with Crippen molar-refractivity contribution in [2.45, 2.75) is 12.5 Å². The van der Waals surface area contributed by atoms with Crippen molar-refractivity contribution in [3.8, 4) is 5.75 Å². The number of ether oxygens (including phenoxy) is 1. The molecule has 0 spiro atoms. The quantitative estimate of drug-likeness (QED) is 0.764. The summed E-state index contributed by atoms with van der Waals surface area (Å²) in [6.45, 7) is 0. The number of hydrogen-bond donors (Lipinski definition) is 2. The molecule has 0 aromatic heterocycles. The molecule has 0 radical (unpaired) electrons. The van der Waals surface area contributed by atoms with Crippen LogP contribution in [0.15, 0.2) is 24.3 Å². The molecule has 1 unspecified atom stereocenters. The van der Waals surface area contributed by atoms with E-state index in [-0.39, 0.29) is 46.3 Å². The number of aliphatic carboxylic acids is 1. The molecule has 0 aliphatic carbocycles. The van der Waals surface area contributed by atoms with Crippen LogP contribution in [0.4, 0.5) is 0 Å². The number of methoxy groups -OCH3 is 1. The second kappa shape index (κ2) is 7.06. The minimum atomic E-state index is -0.986. The zero-order valence-corrected chi connectivity index (χ0v) is 10.7. The second-order valence-electron chi connectivity index (χ2n) is 2.93. The number of phenolic OH excluding ortho intramolecular Hbond substituents is 1. The van der Waals surface area contributed by atoms with Gasteiger partial charge in [-0.3, -0.25) is 0 Å². The van der Waals surface area contributed by atoms with Crippen molar-refractivity contribution >= 4 is 43.7 Å². The van der Waals surface area contributed by atoms with Gasteiger partial charge in [0, 0.05) is 13.5 Å². The van der Waals surface area contributed by atoms with E-state index in [1.807, 2.05) is 0 Å². The Kier molecular flexibility index (Phi) is 6.92. The van der Waals surface area contributed by atoms with Crippen LogP contribution in [0.3, 0.4) is 0 Å². The van der Waals surface area contributed by atoms with Crippen molar-refractivity contribution in [2.24, 2.45) is 0 Å². The molecule has 4 nitrogen and oxygen atoms in total. The van der Waals surface area contributed by atoms with Gasteiger partial charge >= 0.3 is 43.7 Å². The van der Waals surface area contributed by atoms with Gasteiger partial charge in [-0.05, 0) is 17.7 Å². The fourth-order valence-corrected chi connectivity index (χ4v) is 1.12. The maximum Gasteiger partial charge on any atom is 2.00 e. The molecule has 0 fully saturated rings. The Labute approximate surface area is 121 Å². The largest absolute Gasteiger partial charge is 2.00 e. The predicted octanol–water partition coefficient (Wildman–Crippen LogP) is 0.879. The van der Waals surface area contributed by atoms with Gasteiger partial charge in [-0.2, -0.15) is 0 Å². The van der Waals surface area contributed by atoms with Gasteiger partial charge in [-0.15, -0.1) is 0 Å². The molecule has 15 heavy (non-hydrogen) atoms. The van der Waals surface area contributed by atoms with Crippen molar-refractivity contribution in [1.82, 2.24) is 0 Å². The van der Waals surface area contributed by atoms with Crippen LogP contribution in [-0.4, -0.2) is 67.1 Å². The Morgan fingerprint density at radius 3 is 2.40 bits per heavy atom. The van der Waals surface area contributed by atoms with Gasteiger partial charge in [0.1, 0.15) is 5.75 Å². The van der Waals surface area contributed by atoms with Gasteiger partial charge in [0.15, 0.2) is 6.10 Å². The maximum atomic E-state index is 10.6. The van der Waals surface area contributed by atoms with Crippen LogP contribution in [0.25, 0.3) is 0 Å². The fourth-order valence-electron chi connectivity index (χ4n) is 1.12. The summed E-state index contributed by atoms with van der Waals surface area (Å²) in [6.07, 6.45) is -0.536. The molecular weight excluding hydrogens is 224 g/mol. The van der Waals surface area contributed by atoms with Crippen molar-refractivity contribution in [3.63, 3.8) is 0 Å². The third kappa shape index (κ3) is 4.84. The summed E-state index contributed by atoms with van der Waals surface area (Å²) in [6, 6.07) is 6.38. The standard InChI is InChI=1S/C10H12O4.Ca.2H/c1-14-9(10(12)13)6-7-2-4-8(11)5-3-7;;;/h2-5,9,11H,6H2,1H3,(H,12,13);;;/q;+2;2*-1. The average molecular weight is 238 g/mol. The zero-order valence-electron chi connectivity index (χ0n) is 10.5. The molecule has 1 atom stereocenters. The van der Waals surface area contributed by atoms with Crippen LogP contribution in [-0.2, 0) is 16.0 Å². The van der Waals surface area contributed by atoms with Crippen molar-refractivity contribution in [2.75, 3.05) is 7.11 Å². The van der Waals surface area contributed by atoms with Gasteiger partial charge < -0.3 is 17.8 Å². The smallest absolute Gasteiger partial charge is 1.00 e. The maximum absolute atomic E-state index is 10.6. The van der Waals surface area contributed by atoms with E-state index < -0.39 is 12.1 Å². The second-order valence-corrected chi connectivity index (χ2v) is 2.93. The minimum absolute atomic E-state index is 0. The Bertz CT molecular complexity index is 319. The Morgan fingerprint density at radius 2 is 2.00 bits per heavy atom. The summed E-state index contributed by atoms with van der Waals surface area (Å²) in [5.41, 5.74) is 0.817. The van der Waals surface area contributed by atoms with Crippen molar-refractivity contribution < 1.29 is 22.6 Å². The number of hydrogen-bond acceptors (Lipinski definition) is 3. The molecule has 5 heteroatoms. The molecule has 2 N–H and O–H groups in total. The van der Waals surface area contributed by atoms with Gasteiger partial charge in [0.05, 0.1) is 0 Å². The summed E-state index contributed by atoms with van der Waals surface area (Å²) in [4.78, 5) is 10.6. The Morgan fingerprint density at radius 1 is 1.47 bits per heavy atom. The SMILES string of the molecule is COC(Cc1ccc(O)cc1)C(=O)O.[Ca+2].[H-].[H-]. The number of aromatic hydroxyl groups is 1. The number of rotatable bonds is 4. The van der Waals surface area contributed by atoms with Crippen LogP contribution in [0, 0.1) is 0 Å². The van der Waals surface area contributed by atoms with E-state index in [2.05, 4.69) is 0 Å². The molecule has 0 saturated heterocycles. The van der Waals surface area contributed by atoms with Gasteiger partial charge in [0.25, 0.3) is 0 Å². The van der Waals surface area contributed by atoms with E-state index in [1.54, 1.807) is 12.1 Å². The van der Waals surface area contributed by atoms with Crippen LogP contribution in [0.1, 0.15) is 8.42 Å². The number of phenols is 1. The monoisotopic (exact) mass is 238 g/mol. The van der Waals surface area contributed by atoms with Gasteiger partial charge in [0.2, 0.25) is 0 Å². The fraction of sp³-hybridized carbons (Fsp3) is 0.300. The van der Waals surface area contributed by atoms with E-state index in [0.717, 1.165) is 5.56 Å². The summed E-state index contributed by atoms with van der Waals surface area (Å²) >= 11 is 0. The van der Waals surface area contributed by atoms with Gasteiger partial charge in [-0.25, -0.2) is 4.79 Å². The summed E-state index contributed by atoms with van der Waals surface area (Å²) < 4.78 is 4.78. The normalized spacial score (nSPS) is 11.5. The van der Waals surface area contributed by atoms with E-state index in [0.29, 0.717) is 6.42 Å². The molecule has 0 aliphatic rings. The first-order chi connectivity index (χ1) is 6.63. The third-order valence-electron chi connectivity index (χ3n) is 1.92. The molecule has 0 bridgehead atoms. The molecule has 1 rings (SSSR count). The number of carbonyl (C=O) groups is 1. The van der Waals surface area contributed by atoms with E-state index in [1.165, 1.54) is 19.2 Å². The summed E-state index contributed by atoms with van der Waals surface area (Å²) in [7, 11) is 1.36. The molecule has 1 aromatic carbocycles. The number of carboxylic acids is 1. The first-order valence-electron chi connectivity index (χ1n) is 4.17. The molecule has 0 saturated carbocycles. The first-order valence-corrected chi connectivity index (χ1v) is 4.17. The molecule has 1 aromatic rings. The van der Waals surface area contributed by atoms with Crippen molar-refractivity contribution in [1.29, 1.82) is 0 Å². The summed E-state index contributed by atoms with van der Waals surface area (Å²) in [5.74, 6) is -0.821. The van der Waals surface area contributed by atoms with Crippen LogP contribution >= 0.6 is 0 Å². The third-order valence-corrected chi connectivity index (χ3v) is 1.92. The molecule has 0 heterocycles. The van der Waals surface area contributed by atoms with E-state index >= 15 is 0 Å². The zero-order chi connectivity index (χ0) is 10.6.